The molecular formula is C25H29N3O4S. The van der Waals surface area contributed by atoms with Crippen LogP contribution in [-0.2, 0) is 22.6 Å². The van der Waals surface area contributed by atoms with Gasteiger partial charge in [0.1, 0.15) is 0 Å². The summed E-state index contributed by atoms with van der Waals surface area (Å²) in [5.74, 6) is -0.530. The monoisotopic (exact) mass is 467 g/mol. The number of nitrogens with one attached hydrogen (secondary N) is 1. The minimum Gasteiger partial charge on any atom is -0.465 e. The van der Waals surface area contributed by atoms with Crippen molar-refractivity contribution in [2.75, 3.05) is 12.4 Å². The van der Waals surface area contributed by atoms with E-state index in [1.165, 1.54) is 11.8 Å². The lowest BCUT2D eigenvalue weighted by atomic mass is 10.1. The number of rotatable bonds is 11. The number of amides is 1. The standard InChI is InChI=1S/C25H29N3O4S/c1-3-5-9-14-28-24(31)20-13-12-19(23(30)26-16-18-10-7-6-8-11-18)15-21(20)27-25(28)33-17-22(29)32-4-2/h6-8,10-13,15H,3-5,9,14,16-17H2,1-2H3,(H,26,30). The van der Waals surface area contributed by atoms with Gasteiger partial charge in [0, 0.05) is 18.7 Å². The van der Waals surface area contributed by atoms with Crippen LogP contribution in [0.15, 0.2) is 58.5 Å². The highest BCUT2D eigenvalue weighted by Crippen LogP contribution is 2.20. The molecule has 0 aliphatic heterocycles. The second kappa shape index (κ2) is 12.2. The third-order valence-corrected chi connectivity index (χ3v) is 6.04. The van der Waals surface area contributed by atoms with Gasteiger partial charge in [0.2, 0.25) is 0 Å². The van der Waals surface area contributed by atoms with Crippen molar-refractivity contribution in [2.24, 2.45) is 0 Å². The average Bonchev–Trinajstić information content (AvgIpc) is 2.83. The second-order valence-corrected chi connectivity index (χ2v) is 8.49. The summed E-state index contributed by atoms with van der Waals surface area (Å²) in [5.41, 5.74) is 1.69. The number of unbranched alkanes of at least 4 members (excludes halogenated alkanes) is 2. The van der Waals surface area contributed by atoms with E-state index < -0.39 is 0 Å². The van der Waals surface area contributed by atoms with Crippen molar-refractivity contribution in [3.05, 3.63) is 70.0 Å². The molecule has 1 aromatic heterocycles. The van der Waals surface area contributed by atoms with Gasteiger partial charge in [-0.05, 0) is 37.1 Å². The van der Waals surface area contributed by atoms with Crippen LogP contribution in [0.1, 0.15) is 49.0 Å². The van der Waals surface area contributed by atoms with Gasteiger partial charge in [-0.3, -0.25) is 19.0 Å². The SMILES string of the molecule is CCCCCn1c(SCC(=O)OCC)nc2cc(C(=O)NCc3ccccc3)ccc2c1=O. The minimum atomic E-state index is -0.356. The van der Waals surface area contributed by atoms with Crippen LogP contribution in [0.25, 0.3) is 10.9 Å². The number of aromatic nitrogens is 2. The van der Waals surface area contributed by atoms with Gasteiger partial charge in [-0.25, -0.2) is 4.98 Å². The molecule has 0 fully saturated rings. The molecule has 33 heavy (non-hydrogen) atoms. The van der Waals surface area contributed by atoms with E-state index in [2.05, 4.69) is 17.2 Å². The first-order valence-corrected chi connectivity index (χ1v) is 12.2. The van der Waals surface area contributed by atoms with E-state index in [9.17, 15) is 14.4 Å². The summed E-state index contributed by atoms with van der Waals surface area (Å²) in [5, 5.41) is 3.80. The third kappa shape index (κ3) is 6.68. The topological polar surface area (TPSA) is 90.3 Å². The van der Waals surface area contributed by atoms with Crippen molar-refractivity contribution in [1.82, 2.24) is 14.9 Å². The zero-order valence-electron chi connectivity index (χ0n) is 19.0. The number of hydrogen-bond acceptors (Lipinski definition) is 6. The molecule has 2 aromatic carbocycles. The van der Waals surface area contributed by atoms with Gasteiger partial charge in [0.05, 0.1) is 23.3 Å². The Balaban J connectivity index is 1.87. The number of hydrogen-bond donors (Lipinski definition) is 1. The molecule has 1 amide bonds. The molecule has 0 aliphatic rings. The van der Waals surface area contributed by atoms with E-state index in [-0.39, 0.29) is 23.2 Å². The van der Waals surface area contributed by atoms with Crippen molar-refractivity contribution < 1.29 is 14.3 Å². The van der Waals surface area contributed by atoms with Crippen molar-refractivity contribution in [3.63, 3.8) is 0 Å². The molecule has 174 valence electrons. The highest BCUT2D eigenvalue weighted by atomic mass is 32.2. The molecule has 1 heterocycles. The van der Waals surface area contributed by atoms with Crippen LogP contribution in [0.5, 0.6) is 0 Å². The summed E-state index contributed by atoms with van der Waals surface area (Å²) in [6.45, 7) is 5.09. The largest absolute Gasteiger partial charge is 0.465 e. The number of fused-ring (bicyclic) bond motifs is 1. The average molecular weight is 468 g/mol. The van der Waals surface area contributed by atoms with Crippen LogP contribution in [0.3, 0.4) is 0 Å². The molecule has 8 heteroatoms. The van der Waals surface area contributed by atoms with Crippen LogP contribution in [-0.4, -0.2) is 33.8 Å². The van der Waals surface area contributed by atoms with Crippen molar-refractivity contribution in [3.8, 4) is 0 Å². The van der Waals surface area contributed by atoms with Crippen LogP contribution >= 0.6 is 11.8 Å². The highest BCUT2D eigenvalue weighted by molar-refractivity contribution is 7.99. The maximum absolute atomic E-state index is 13.2. The van der Waals surface area contributed by atoms with E-state index in [1.807, 2.05) is 30.3 Å². The molecule has 0 aliphatic carbocycles. The smallest absolute Gasteiger partial charge is 0.316 e. The molecule has 0 spiro atoms. The van der Waals surface area contributed by atoms with Crippen LogP contribution < -0.4 is 10.9 Å². The summed E-state index contributed by atoms with van der Waals surface area (Å²) < 4.78 is 6.63. The summed E-state index contributed by atoms with van der Waals surface area (Å²) in [7, 11) is 0. The lowest BCUT2D eigenvalue weighted by Gasteiger charge is -2.13. The Kier molecular flexibility index (Phi) is 9.06. The molecule has 0 saturated carbocycles. The lowest BCUT2D eigenvalue weighted by molar-refractivity contribution is -0.139. The predicted molar refractivity (Wildman–Crippen MR) is 130 cm³/mol. The maximum atomic E-state index is 13.2. The Morgan fingerprint density at radius 1 is 1.09 bits per heavy atom. The van der Waals surface area contributed by atoms with Gasteiger partial charge in [0.25, 0.3) is 11.5 Å². The van der Waals surface area contributed by atoms with Crippen LogP contribution in [0.4, 0.5) is 0 Å². The zero-order valence-corrected chi connectivity index (χ0v) is 19.8. The quantitative estimate of drug-likeness (QED) is 0.197. The summed E-state index contributed by atoms with van der Waals surface area (Å²) in [4.78, 5) is 42.4. The number of nitrogens with zero attached hydrogens (tertiary/aromatic N) is 2. The van der Waals surface area contributed by atoms with Crippen LogP contribution in [0.2, 0.25) is 0 Å². The van der Waals surface area contributed by atoms with Crippen LogP contribution in [0, 0.1) is 0 Å². The number of ether oxygens (including phenoxy) is 1. The fourth-order valence-electron chi connectivity index (χ4n) is 3.38. The molecular weight excluding hydrogens is 438 g/mol. The number of benzene rings is 2. The zero-order chi connectivity index (χ0) is 23.6. The first kappa shape index (κ1) is 24.5. The maximum Gasteiger partial charge on any atom is 0.316 e. The van der Waals surface area contributed by atoms with Gasteiger partial charge in [0.15, 0.2) is 5.16 Å². The first-order valence-electron chi connectivity index (χ1n) is 11.2. The lowest BCUT2D eigenvalue weighted by Crippen LogP contribution is -2.25. The van der Waals surface area contributed by atoms with E-state index in [0.717, 1.165) is 24.8 Å². The molecule has 0 radical (unpaired) electrons. The van der Waals surface area contributed by atoms with Crippen molar-refractivity contribution in [2.45, 2.75) is 51.4 Å². The van der Waals surface area contributed by atoms with E-state index in [0.29, 0.717) is 41.3 Å². The number of thioether (sulfide) groups is 1. The molecule has 1 N–H and O–H groups in total. The number of carbonyl (C=O) groups is 2. The van der Waals surface area contributed by atoms with Crippen molar-refractivity contribution in [1.29, 1.82) is 0 Å². The van der Waals surface area contributed by atoms with Gasteiger partial charge >= 0.3 is 5.97 Å². The third-order valence-electron chi connectivity index (χ3n) is 5.09. The number of carbonyl (C=O) groups excluding carboxylic acids is 2. The summed E-state index contributed by atoms with van der Waals surface area (Å²) >= 11 is 1.18. The Morgan fingerprint density at radius 2 is 1.88 bits per heavy atom. The highest BCUT2D eigenvalue weighted by Gasteiger charge is 2.15. The Hall–Kier alpha value is -3.13. The Labute approximate surface area is 197 Å². The molecule has 0 atom stereocenters. The van der Waals surface area contributed by atoms with Gasteiger partial charge in [-0.15, -0.1) is 0 Å². The summed E-state index contributed by atoms with van der Waals surface area (Å²) in [6.07, 6.45) is 2.87. The summed E-state index contributed by atoms with van der Waals surface area (Å²) in [6, 6.07) is 14.6. The predicted octanol–water partition coefficient (Wildman–Crippen LogP) is 4.17. The molecule has 3 rings (SSSR count). The second-order valence-electron chi connectivity index (χ2n) is 7.55. The molecule has 7 nitrogen and oxygen atoms in total. The Bertz CT molecular complexity index is 1160. The Morgan fingerprint density at radius 3 is 2.61 bits per heavy atom. The van der Waals surface area contributed by atoms with E-state index >= 15 is 0 Å². The fraction of sp³-hybridized carbons (Fsp3) is 0.360. The minimum absolute atomic E-state index is 0.0663. The molecule has 0 unspecified atom stereocenters. The number of esters is 1. The molecule has 0 bridgehead atoms. The first-order chi connectivity index (χ1) is 16.0. The van der Waals surface area contributed by atoms with Gasteiger partial charge in [-0.1, -0.05) is 61.9 Å². The van der Waals surface area contributed by atoms with Gasteiger partial charge in [-0.2, -0.15) is 0 Å². The van der Waals surface area contributed by atoms with Gasteiger partial charge < -0.3 is 10.1 Å². The molecule has 0 saturated heterocycles. The van der Waals surface area contributed by atoms with E-state index in [1.54, 1.807) is 29.7 Å². The normalized spacial score (nSPS) is 10.8. The van der Waals surface area contributed by atoms with E-state index in [4.69, 9.17) is 4.74 Å². The van der Waals surface area contributed by atoms with Crippen molar-refractivity contribution >= 4 is 34.5 Å². The fourth-order valence-corrected chi connectivity index (χ4v) is 4.20. The molecule has 3 aromatic rings.